The number of nitrogens with zero attached hydrogens (tertiary/aromatic N) is 1. The molecule has 0 unspecified atom stereocenters. The molecule has 0 aliphatic rings. The highest BCUT2D eigenvalue weighted by Crippen LogP contribution is 2.27. The summed E-state index contributed by atoms with van der Waals surface area (Å²) in [6, 6.07) is 14.5. The van der Waals surface area contributed by atoms with E-state index in [2.05, 4.69) is 15.8 Å². The average molecular weight is 341 g/mol. The van der Waals surface area contributed by atoms with E-state index in [1.807, 2.05) is 18.2 Å². The quantitative estimate of drug-likeness (QED) is 0.498. The molecule has 2 aromatic carbocycles. The predicted octanol–water partition coefficient (Wildman–Crippen LogP) is 4.70. The number of carbonyl (C=O) groups excluding carboxylic acids is 1. The summed E-state index contributed by atoms with van der Waals surface area (Å²) in [4.78, 5) is 16.6. The predicted molar refractivity (Wildman–Crippen MR) is 94.5 cm³/mol. The molecule has 0 fully saturated rings. The molecule has 0 aliphatic carbocycles. The molecule has 3 rings (SSSR count). The van der Waals surface area contributed by atoms with Crippen LogP contribution in [0, 0.1) is 5.82 Å². The summed E-state index contributed by atoms with van der Waals surface area (Å²) in [6.07, 6.45) is 2.18. The molecule has 3 aromatic rings. The lowest BCUT2D eigenvalue weighted by Gasteiger charge is -2.06. The fourth-order valence-electron chi connectivity index (χ4n) is 2.36. The zero-order valence-electron chi connectivity index (χ0n) is 13.2. The van der Waals surface area contributed by atoms with Gasteiger partial charge in [0, 0.05) is 22.2 Å². The van der Waals surface area contributed by atoms with E-state index in [0.29, 0.717) is 12.2 Å². The Morgan fingerprint density at radius 2 is 1.88 bits per heavy atom. The van der Waals surface area contributed by atoms with Crippen molar-refractivity contribution >= 4 is 28.6 Å². The number of pyridine rings is 1. The normalized spacial score (nSPS) is 10.8. The molecule has 0 spiro atoms. The third kappa shape index (κ3) is 3.92. The fourth-order valence-corrected chi connectivity index (χ4v) is 3.20. The molecule has 0 bridgehead atoms. The number of hydrogen-bond acceptors (Lipinski definition) is 4. The van der Waals surface area contributed by atoms with Gasteiger partial charge in [0.15, 0.2) is 0 Å². The number of benzene rings is 2. The number of carbonyl (C=O) groups is 1. The molecule has 0 amide bonds. The first-order valence-electron chi connectivity index (χ1n) is 7.51. The Morgan fingerprint density at radius 1 is 1.12 bits per heavy atom. The summed E-state index contributed by atoms with van der Waals surface area (Å²) in [5.41, 5.74) is 2.84. The van der Waals surface area contributed by atoms with Crippen molar-refractivity contribution in [2.75, 3.05) is 12.9 Å². The van der Waals surface area contributed by atoms with Gasteiger partial charge in [-0.1, -0.05) is 24.3 Å². The van der Waals surface area contributed by atoms with Gasteiger partial charge in [-0.3, -0.25) is 9.78 Å². The molecule has 0 aliphatic heterocycles. The number of esters is 1. The number of halogens is 1. The highest BCUT2D eigenvalue weighted by atomic mass is 32.2. The summed E-state index contributed by atoms with van der Waals surface area (Å²) >= 11 is 1.58. The average Bonchev–Trinajstić information content (AvgIpc) is 2.61. The van der Waals surface area contributed by atoms with Crippen LogP contribution in [0.3, 0.4) is 0 Å². The van der Waals surface area contributed by atoms with E-state index >= 15 is 0 Å². The Morgan fingerprint density at radius 3 is 2.62 bits per heavy atom. The maximum Gasteiger partial charge on any atom is 0.306 e. The van der Waals surface area contributed by atoms with Crippen LogP contribution in [0.1, 0.15) is 6.42 Å². The first kappa shape index (κ1) is 16.5. The van der Waals surface area contributed by atoms with E-state index in [-0.39, 0.29) is 11.8 Å². The summed E-state index contributed by atoms with van der Waals surface area (Å²) < 4.78 is 17.7. The Kier molecular flexibility index (Phi) is 5.11. The van der Waals surface area contributed by atoms with Crippen LogP contribution < -0.4 is 0 Å². The molecule has 0 atom stereocenters. The molecule has 0 radical (unpaired) electrons. The summed E-state index contributed by atoms with van der Waals surface area (Å²) in [5, 5.41) is 1.03. The Hall–Kier alpha value is -2.40. The lowest BCUT2D eigenvalue weighted by atomic mass is 10.0. The molecule has 1 heterocycles. The Labute approximate surface area is 143 Å². The van der Waals surface area contributed by atoms with E-state index in [9.17, 15) is 9.18 Å². The molecule has 5 heteroatoms. The summed E-state index contributed by atoms with van der Waals surface area (Å²) in [6.45, 7) is 0. The van der Waals surface area contributed by atoms with Crippen molar-refractivity contribution in [3.63, 3.8) is 0 Å². The molecule has 1 aromatic heterocycles. The van der Waals surface area contributed by atoms with Crippen LogP contribution in [0.4, 0.5) is 4.39 Å². The van der Waals surface area contributed by atoms with Crippen molar-refractivity contribution in [2.24, 2.45) is 0 Å². The minimum atomic E-state index is -0.244. The van der Waals surface area contributed by atoms with Crippen LogP contribution in [-0.2, 0) is 9.53 Å². The topological polar surface area (TPSA) is 39.2 Å². The van der Waals surface area contributed by atoms with Crippen molar-refractivity contribution in [3.05, 3.63) is 60.5 Å². The summed E-state index contributed by atoms with van der Waals surface area (Å²) in [5.74, 6) is 0.208. The summed E-state index contributed by atoms with van der Waals surface area (Å²) in [7, 11) is 1.39. The number of fused-ring (bicyclic) bond motifs is 1. The van der Waals surface area contributed by atoms with E-state index in [1.165, 1.54) is 19.2 Å². The van der Waals surface area contributed by atoms with Crippen molar-refractivity contribution in [1.82, 2.24) is 4.98 Å². The van der Waals surface area contributed by atoms with Crippen LogP contribution >= 0.6 is 11.8 Å². The molecular weight excluding hydrogens is 325 g/mol. The highest BCUT2D eigenvalue weighted by molar-refractivity contribution is 7.99. The SMILES string of the molecule is COC(=O)CCSc1cnc2cc(-c3ccc(F)cc3)ccc2c1. The van der Waals surface area contributed by atoms with Crippen molar-refractivity contribution in [2.45, 2.75) is 11.3 Å². The number of aromatic nitrogens is 1. The molecule has 122 valence electrons. The molecule has 3 nitrogen and oxygen atoms in total. The molecule has 0 saturated heterocycles. The van der Waals surface area contributed by atoms with Gasteiger partial charge >= 0.3 is 5.97 Å². The van der Waals surface area contributed by atoms with Crippen molar-refractivity contribution in [1.29, 1.82) is 0 Å². The van der Waals surface area contributed by atoms with Gasteiger partial charge in [0.25, 0.3) is 0 Å². The van der Waals surface area contributed by atoms with Crippen molar-refractivity contribution < 1.29 is 13.9 Å². The van der Waals surface area contributed by atoms with Crippen LogP contribution in [0.15, 0.2) is 59.6 Å². The van der Waals surface area contributed by atoms with Gasteiger partial charge < -0.3 is 4.74 Å². The smallest absolute Gasteiger partial charge is 0.306 e. The maximum absolute atomic E-state index is 13.0. The Bertz CT molecular complexity index is 865. The van der Waals surface area contributed by atoms with E-state index in [0.717, 1.165) is 26.9 Å². The largest absolute Gasteiger partial charge is 0.469 e. The van der Waals surface area contributed by atoms with Gasteiger partial charge in [-0.15, -0.1) is 11.8 Å². The molecule has 0 saturated carbocycles. The van der Waals surface area contributed by atoms with Gasteiger partial charge in [0.1, 0.15) is 5.82 Å². The van der Waals surface area contributed by atoms with Crippen LogP contribution in [-0.4, -0.2) is 23.8 Å². The van der Waals surface area contributed by atoms with Crippen LogP contribution in [0.5, 0.6) is 0 Å². The lowest BCUT2D eigenvalue weighted by molar-refractivity contribution is -0.140. The second-order valence-electron chi connectivity index (χ2n) is 5.26. The van der Waals surface area contributed by atoms with Gasteiger partial charge in [-0.25, -0.2) is 4.39 Å². The maximum atomic E-state index is 13.0. The van der Waals surface area contributed by atoms with E-state index in [1.54, 1.807) is 30.1 Å². The van der Waals surface area contributed by atoms with Gasteiger partial charge in [-0.2, -0.15) is 0 Å². The van der Waals surface area contributed by atoms with Gasteiger partial charge in [0.05, 0.1) is 19.0 Å². The lowest BCUT2D eigenvalue weighted by Crippen LogP contribution is -2.00. The second-order valence-corrected chi connectivity index (χ2v) is 6.43. The standard InChI is InChI=1S/C19H16FNO2S/c1-23-19(22)8-9-24-17-10-15-3-2-14(11-18(15)21-12-17)13-4-6-16(20)7-5-13/h2-7,10-12H,8-9H2,1H3. The number of methoxy groups -OCH3 is 1. The first-order chi connectivity index (χ1) is 11.7. The van der Waals surface area contributed by atoms with Gasteiger partial charge in [0.2, 0.25) is 0 Å². The van der Waals surface area contributed by atoms with E-state index in [4.69, 9.17) is 0 Å². The number of thioether (sulfide) groups is 1. The van der Waals surface area contributed by atoms with Crippen LogP contribution in [0.2, 0.25) is 0 Å². The number of ether oxygens (including phenoxy) is 1. The molecular formula is C19H16FNO2S. The fraction of sp³-hybridized carbons (Fsp3) is 0.158. The zero-order valence-corrected chi connectivity index (χ0v) is 14.0. The number of hydrogen-bond donors (Lipinski definition) is 0. The zero-order chi connectivity index (χ0) is 16.9. The van der Waals surface area contributed by atoms with Crippen LogP contribution in [0.25, 0.3) is 22.0 Å². The second kappa shape index (κ2) is 7.45. The van der Waals surface area contributed by atoms with Gasteiger partial charge in [-0.05, 0) is 35.4 Å². The molecule has 0 N–H and O–H groups in total. The molecule has 24 heavy (non-hydrogen) atoms. The van der Waals surface area contributed by atoms with E-state index < -0.39 is 0 Å². The number of rotatable bonds is 5. The third-order valence-electron chi connectivity index (χ3n) is 3.64. The first-order valence-corrected chi connectivity index (χ1v) is 8.49. The Balaban J connectivity index is 1.78. The minimum absolute atomic E-state index is 0.208. The minimum Gasteiger partial charge on any atom is -0.469 e. The van der Waals surface area contributed by atoms with Crippen molar-refractivity contribution in [3.8, 4) is 11.1 Å². The third-order valence-corrected chi connectivity index (χ3v) is 4.60. The highest BCUT2D eigenvalue weighted by Gasteiger charge is 2.05. The monoisotopic (exact) mass is 341 g/mol.